The zero-order valence-corrected chi connectivity index (χ0v) is 40.3. The number of benzene rings is 6. The predicted octanol–water partition coefficient (Wildman–Crippen LogP) is 9.45. The molecule has 0 aliphatic rings. The minimum absolute atomic E-state index is 0.319. The van der Waals surface area contributed by atoms with Crippen LogP contribution in [0.15, 0.2) is 158 Å². The first-order chi connectivity index (χ1) is 30.6. The molecule has 0 heterocycles. The number of aliphatic hydroxyl groups is 3. The van der Waals surface area contributed by atoms with E-state index in [2.05, 4.69) is 183 Å². The van der Waals surface area contributed by atoms with Crippen LogP contribution in [-0.4, -0.2) is 64.5 Å². The van der Waals surface area contributed by atoms with Crippen LogP contribution in [0.25, 0.3) is 0 Å². The summed E-state index contributed by atoms with van der Waals surface area (Å²) in [5.41, 5.74) is 6.49. The molecule has 0 saturated carbocycles. The van der Waals surface area contributed by atoms with Gasteiger partial charge >= 0.3 is 17.2 Å². The normalized spacial score (nSPS) is 12.8. The van der Waals surface area contributed by atoms with E-state index >= 15 is 0 Å². The van der Waals surface area contributed by atoms with Gasteiger partial charge in [0.2, 0.25) is 0 Å². The van der Waals surface area contributed by atoms with Gasteiger partial charge in [0.15, 0.2) is 0 Å². The molecule has 0 bridgehead atoms. The van der Waals surface area contributed by atoms with Gasteiger partial charge in [-0.05, 0) is 50.6 Å². The molecule has 1 unspecified atom stereocenters. The van der Waals surface area contributed by atoms with Gasteiger partial charge in [-0.3, -0.25) is 0 Å². The summed E-state index contributed by atoms with van der Waals surface area (Å²) in [6.45, 7) is 16.3. The Morgan fingerprint density at radius 2 is 0.677 bits per heavy atom. The van der Waals surface area contributed by atoms with E-state index in [1.165, 1.54) is 11.1 Å². The Labute approximate surface area is 387 Å². The summed E-state index contributed by atoms with van der Waals surface area (Å²) in [7, 11) is -5.24. The molecule has 0 spiro atoms. The molecule has 65 heavy (non-hydrogen) atoms. The van der Waals surface area contributed by atoms with Gasteiger partial charge in [0.25, 0.3) is 0 Å². The zero-order chi connectivity index (χ0) is 48.2. The second kappa shape index (κ2) is 22.9. The highest BCUT2D eigenvalue weighted by Gasteiger charge is 2.45. The van der Waals surface area contributed by atoms with Gasteiger partial charge in [0.1, 0.15) is 11.9 Å². The van der Waals surface area contributed by atoms with Crippen molar-refractivity contribution in [2.24, 2.45) is 5.41 Å². The summed E-state index contributed by atoms with van der Waals surface area (Å²) in [5.74, 6) is 0.623. The maximum atomic E-state index is 11.2. The first kappa shape index (κ1) is 53.2. The molecule has 10 nitrogen and oxygen atoms in total. The zero-order valence-electron chi connectivity index (χ0n) is 38.5. The molecule has 0 fully saturated rings. The second-order valence-corrected chi connectivity index (χ2v) is 19.4. The van der Waals surface area contributed by atoms with Crippen molar-refractivity contribution in [1.29, 1.82) is 0 Å². The topological polar surface area (TPSA) is 191 Å². The van der Waals surface area contributed by atoms with Gasteiger partial charge in [-0.1, -0.05) is 207 Å². The molecular weight excluding hydrogens is 859 g/mol. The van der Waals surface area contributed by atoms with Gasteiger partial charge in [-0.25, -0.2) is 0 Å². The Morgan fingerprint density at radius 3 is 1.02 bits per heavy atom. The molecule has 6 aromatic carbocycles. The average molecular weight is 925 g/mol. The maximum Gasteiger partial charge on any atom is 0.324 e. The van der Waals surface area contributed by atoms with Gasteiger partial charge in [-0.2, -0.15) is 0 Å². The Morgan fingerprint density at radius 1 is 0.385 bits per heavy atom. The van der Waals surface area contributed by atoms with E-state index in [0.29, 0.717) is 5.75 Å². The lowest BCUT2D eigenvalue weighted by Gasteiger charge is -2.41. The first-order valence-corrected chi connectivity index (χ1v) is 23.7. The van der Waals surface area contributed by atoms with Crippen molar-refractivity contribution in [3.8, 4) is 5.75 Å². The van der Waals surface area contributed by atoms with Crippen LogP contribution >= 0.6 is 17.2 Å². The SMILES string of the molecule is CC(C)(c1ccccc1)c1ccc(OC(c2ccc(C(C)(C)c3ccccc3)cc2C(C)(C)c2ccccc2)C(CO)(CO)CO)c(C(C)(C)c2ccccc2)c1.OP(O)O.OP(O)O. The van der Waals surface area contributed by atoms with Crippen molar-refractivity contribution in [2.75, 3.05) is 19.8 Å². The predicted molar refractivity (Wildman–Crippen MR) is 261 cm³/mol. The smallest absolute Gasteiger partial charge is 0.324 e. The second-order valence-electron chi connectivity index (χ2n) is 18.3. The molecule has 6 rings (SSSR count). The van der Waals surface area contributed by atoms with E-state index in [-0.39, 0.29) is 10.8 Å². The largest absolute Gasteiger partial charge is 0.485 e. The Balaban J connectivity index is 0.00000107. The molecule has 12 heteroatoms. The molecule has 9 N–H and O–H groups in total. The summed E-state index contributed by atoms with van der Waals surface area (Å²) in [5, 5.41) is 33.6. The monoisotopic (exact) mass is 924 g/mol. The van der Waals surface area contributed by atoms with Crippen LogP contribution in [0.1, 0.15) is 112 Å². The van der Waals surface area contributed by atoms with Crippen LogP contribution in [0.4, 0.5) is 0 Å². The van der Waals surface area contributed by atoms with Crippen molar-refractivity contribution in [1.82, 2.24) is 0 Å². The molecule has 6 aromatic rings. The van der Waals surface area contributed by atoms with E-state index < -0.39 is 59.4 Å². The van der Waals surface area contributed by atoms with Crippen LogP contribution in [0, 0.1) is 5.41 Å². The van der Waals surface area contributed by atoms with Crippen LogP contribution < -0.4 is 4.74 Å². The lowest BCUT2D eigenvalue weighted by molar-refractivity contribution is -0.0751. The van der Waals surface area contributed by atoms with Crippen LogP contribution in [0.3, 0.4) is 0 Å². The molecule has 0 aliphatic heterocycles. The van der Waals surface area contributed by atoms with Crippen molar-refractivity contribution in [2.45, 2.75) is 83.2 Å². The lowest BCUT2D eigenvalue weighted by Crippen LogP contribution is -2.44. The summed E-state index contributed by atoms with van der Waals surface area (Å²) < 4.78 is 7.35. The third-order valence-corrected chi connectivity index (χ3v) is 12.8. The van der Waals surface area contributed by atoms with Crippen molar-refractivity contribution in [3.63, 3.8) is 0 Å². The molecule has 0 aliphatic carbocycles. The minimum atomic E-state index is -2.62. The quantitative estimate of drug-likeness (QED) is 0.0449. The van der Waals surface area contributed by atoms with E-state index in [4.69, 9.17) is 34.1 Å². The van der Waals surface area contributed by atoms with E-state index in [9.17, 15) is 15.3 Å². The fourth-order valence-electron chi connectivity index (χ4n) is 8.33. The highest BCUT2D eigenvalue weighted by atomic mass is 31.2. The number of aliphatic hydroxyl groups excluding tert-OH is 3. The minimum Gasteiger partial charge on any atom is -0.485 e. The Kier molecular flexibility index (Phi) is 18.7. The van der Waals surface area contributed by atoms with E-state index in [1.807, 2.05) is 30.3 Å². The third kappa shape index (κ3) is 12.7. The highest BCUT2D eigenvalue weighted by Crippen LogP contribution is 2.49. The fourth-order valence-corrected chi connectivity index (χ4v) is 8.33. The molecule has 348 valence electrons. The van der Waals surface area contributed by atoms with Crippen LogP contribution in [-0.2, 0) is 21.7 Å². The van der Waals surface area contributed by atoms with Crippen molar-refractivity contribution in [3.05, 3.63) is 208 Å². The Bertz CT molecular complexity index is 2330. The van der Waals surface area contributed by atoms with Gasteiger partial charge in [0.05, 0.1) is 25.2 Å². The van der Waals surface area contributed by atoms with Gasteiger partial charge in [0, 0.05) is 27.2 Å². The number of hydrogen-bond donors (Lipinski definition) is 9. The Hall–Kier alpha value is -4.38. The third-order valence-electron chi connectivity index (χ3n) is 12.8. The summed E-state index contributed by atoms with van der Waals surface area (Å²) >= 11 is 0. The summed E-state index contributed by atoms with van der Waals surface area (Å²) in [6.07, 6.45) is -0.942. The molecule has 0 aromatic heterocycles. The molecule has 0 radical (unpaired) electrons. The standard InChI is InChI=1S/C53H60O4.2H3O3P/c1-49(2,38-21-13-9-14-22-38)42-29-31-44(45(33-42)51(5,6)40-25-17-11-18-26-40)48(53(35-54,36-55)37-56)57-47-32-30-43(50(3,4)39-23-15-10-16-24-39)34-46(47)52(7,8)41-27-19-12-20-28-41;2*1-4(2)3/h9-34,48,54-56H,35-37H2,1-8H3;2*1-3H. The molecule has 0 amide bonds. The van der Waals surface area contributed by atoms with E-state index in [0.717, 1.165) is 38.9 Å². The highest BCUT2D eigenvalue weighted by molar-refractivity contribution is 7.38. The van der Waals surface area contributed by atoms with Crippen molar-refractivity contribution < 1.29 is 49.4 Å². The lowest BCUT2D eigenvalue weighted by atomic mass is 9.68. The maximum absolute atomic E-state index is 11.2. The number of ether oxygens (including phenoxy) is 1. The number of hydrogen-bond acceptors (Lipinski definition) is 10. The number of rotatable bonds is 15. The summed E-state index contributed by atoms with van der Waals surface area (Å²) in [4.78, 5) is 43.4. The van der Waals surface area contributed by atoms with Gasteiger partial charge in [-0.15, -0.1) is 0 Å². The van der Waals surface area contributed by atoms with E-state index in [1.54, 1.807) is 0 Å². The summed E-state index contributed by atoms with van der Waals surface area (Å²) in [6, 6.07) is 54.8. The first-order valence-electron chi connectivity index (χ1n) is 21.3. The fraction of sp³-hybridized carbons (Fsp3) is 0.321. The average Bonchev–Trinajstić information content (AvgIpc) is 3.30. The molecule has 0 saturated heterocycles. The molecule has 1 atom stereocenters. The van der Waals surface area contributed by atoms with Crippen LogP contribution in [0.5, 0.6) is 5.75 Å². The van der Waals surface area contributed by atoms with Crippen LogP contribution in [0.2, 0.25) is 0 Å². The van der Waals surface area contributed by atoms with Crippen molar-refractivity contribution >= 4 is 17.2 Å². The molecular formula is C53H66O10P2. The van der Waals surface area contributed by atoms with Gasteiger partial charge < -0.3 is 49.4 Å².